The van der Waals surface area contributed by atoms with Crippen molar-refractivity contribution in [2.45, 2.75) is 26.3 Å². The molecule has 0 unspecified atom stereocenters. The number of nitrogens with zero attached hydrogens (tertiary/aromatic N) is 2. The van der Waals surface area contributed by atoms with Crippen LogP contribution in [0, 0.1) is 5.92 Å². The molecular weight excluding hydrogens is 350 g/mol. The number of aromatic nitrogens is 2. The lowest BCUT2D eigenvalue weighted by atomic mass is 9.86. The lowest BCUT2D eigenvalue weighted by Crippen LogP contribution is -2.38. The van der Waals surface area contributed by atoms with E-state index in [1.54, 1.807) is 6.08 Å². The molecule has 28 heavy (non-hydrogen) atoms. The molecule has 0 radical (unpaired) electrons. The molecule has 144 valence electrons. The average molecular weight is 375 g/mol. The van der Waals surface area contributed by atoms with Crippen LogP contribution in [-0.2, 0) is 11.2 Å². The third kappa shape index (κ3) is 3.58. The summed E-state index contributed by atoms with van der Waals surface area (Å²) in [6.07, 6.45) is 5.76. The summed E-state index contributed by atoms with van der Waals surface area (Å²) < 4.78 is 0. The van der Waals surface area contributed by atoms with Gasteiger partial charge in [0.15, 0.2) is 0 Å². The molecule has 1 aliphatic heterocycles. The maximum Gasteiger partial charge on any atom is 0.328 e. The fourth-order valence-corrected chi connectivity index (χ4v) is 4.22. The second-order valence-corrected chi connectivity index (χ2v) is 7.84. The first-order chi connectivity index (χ1) is 13.5. The first-order valence-corrected chi connectivity index (χ1v) is 9.73. The molecule has 0 fully saturated rings. The SMILES string of the molecule is CC(C)CN1CCc2c(ccc3[nH]ncc23)[C@H]1c1ccc(/C=C/C(=O)O)cc1. The Morgan fingerprint density at radius 2 is 2.07 bits per heavy atom. The second-order valence-electron chi connectivity index (χ2n) is 7.84. The van der Waals surface area contributed by atoms with Crippen LogP contribution in [-0.4, -0.2) is 39.3 Å². The number of aliphatic carboxylic acids is 1. The number of aromatic amines is 1. The van der Waals surface area contributed by atoms with Crippen LogP contribution in [0.25, 0.3) is 17.0 Å². The lowest BCUT2D eigenvalue weighted by Gasteiger charge is -2.39. The van der Waals surface area contributed by atoms with E-state index in [0.717, 1.165) is 30.6 Å². The van der Waals surface area contributed by atoms with Gasteiger partial charge in [-0.25, -0.2) is 4.79 Å². The first-order valence-electron chi connectivity index (χ1n) is 9.73. The van der Waals surface area contributed by atoms with Gasteiger partial charge in [0.05, 0.1) is 17.8 Å². The zero-order valence-corrected chi connectivity index (χ0v) is 16.2. The van der Waals surface area contributed by atoms with E-state index in [9.17, 15) is 4.79 Å². The van der Waals surface area contributed by atoms with Crippen molar-refractivity contribution >= 4 is 22.9 Å². The number of carbonyl (C=O) groups is 1. The monoisotopic (exact) mass is 375 g/mol. The Hall–Kier alpha value is -2.92. The van der Waals surface area contributed by atoms with Crippen molar-refractivity contribution in [2.24, 2.45) is 5.92 Å². The Labute approximate surface area is 164 Å². The molecule has 5 heteroatoms. The van der Waals surface area contributed by atoms with Crippen LogP contribution in [0.1, 0.15) is 42.1 Å². The highest BCUT2D eigenvalue weighted by Gasteiger charge is 2.30. The highest BCUT2D eigenvalue weighted by Crippen LogP contribution is 2.38. The molecule has 5 nitrogen and oxygen atoms in total. The zero-order valence-electron chi connectivity index (χ0n) is 16.2. The molecule has 0 bridgehead atoms. The molecule has 3 aromatic rings. The summed E-state index contributed by atoms with van der Waals surface area (Å²) in [5.41, 5.74) is 5.93. The number of fused-ring (bicyclic) bond motifs is 3. The third-order valence-electron chi connectivity index (χ3n) is 5.35. The van der Waals surface area contributed by atoms with Crippen LogP contribution < -0.4 is 0 Å². The maximum absolute atomic E-state index is 10.8. The average Bonchev–Trinajstić information content (AvgIpc) is 3.15. The molecule has 0 aliphatic carbocycles. The van der Waals surface area contributed by atoms with Crippen molar-refractivity contribution in [3.63, 3.8) is 0 Å². The molecule has 4 rings (SSSR count). The van der Waals surface area contributed by atoms with Gasteiger partial charge in [-0.1, -0.05) is 44.2 Å². The quantitative estimate of drug-likeness (QED) is 0.654. The summed E-state index contributed by atoms with van der Waals surface area (Å²) in [7, 11) is 0. The van der Waals surface area contributed by atoms with E-state index < -0.39 is 5.97 Å². The van der Waals surface area contributed by atoms with Crippen molar-refractivity contribution < 1.29 is 9.90 Å². The van der Waals surface area contributed by atoms with E-state index >= 15 is 0 Å². The predicted octanol–water partition coefficient (Wildman–Crippen LogP) is 4.26. The lowest BCUT2D eigenvalue weighted by molar-refractivity contribution is -0.131. The zero-order chi connectivity index (χ0) is 19.7. The van der Waals surface area contributed by atoms with Crippen LogP contribution in [0.5, 0.6) is 0 Å². The summed E-state index contributed by atoms with van der Waals surface area (Å²) >= 11 is 0. The number of H-pyrrole nitrogens is 1. The van der Waals surface area contributed by atoms with Gasteiger partial charge in [0.25, 0.3) is 0 Å². The van der Waals surface area contributed by atoms with Crippen LogP contribution in [0.3, 0.4) is 0 Å². The van der Waals surface area contributed by atoms with Gasteiger partial charge in [-0.15, -0.1) is 0 Å². The fraction of sp³-hybridized carbons (Fsp3) is 0.304. The van der Waals surface area contributed by atoms with Crippen molar-refractivity contribution in [3.8, 4) is 0 Å². The summed E-state index contributed by atoms with van der Waals surface area (Å²) in [4.78, 5) is 13.3. The number of carboxylic acid groups (broad SMARTS) is 1. The molecular formula is C23H25N3O2. The Balaban J connectivity index is 1.76. The van der Waals surface area contributed by atoms with E-state index in [2.05, 4.69) is 53.2 Å². The largest absolute Gasteiger partial charge is 0.478 e. The number of carboxylic acids is 1. The Bertz CT molecular complexity index is 1020. The Kier molecular flexibility index (Phi) is 5.01. The van der Waals surface area contributed by atoms with Crippen LogP contribution in [0.2, 0.25) is 0 Å². The minimum atomic E-state index is -0.933. The van der Waals surface area contributed by atoms with Gasteiger partial charge in [-0.3, -0.25) is 10.00 Å². The van der Waals surface area contributed by atoms with E-state index in [0.29, 0.717) is 5.92 Å². The minimum absolute atomic E-state index is 0.197. The van der Waals surface area contributed by atoms with Gasteiger partial charge >= 0.3 is 5.97 Å². The van der Waals surface area contributed by atoms with Gasteiger partial charge in [0.1, 0.15) is 0 Å². The topological polar surface area (TPSA) is 69.2 Å². The van der Waals surface area contributed by atoms with E-state index in [4.69, 9.17) is 5.11 Å². The summed E-state index contributed by atoms with van der Waals surface area (Å²) in [5, 5.41) is 17.4. The highest BCUT2D eigenvalue weighted by atomic mass is 16.4. The first kappa shape index (κ1) is 18.4. The molecule has 1 aliphatic rings. The van der Waals surface area contributed by atoms with Gasteiger partial charge in [-0.2, -0.15) is 5.10 Å². The molecule has 1 aromatic heterocycles. The Morgan fingerprint density at radius 1 is 1.29 bits per heavy atom. The van der Waals surface area contributed by atoms with Crippen molar-refractivity contribution in [1.82, 2.24) is 15.1 Å². The molecule has 0 spiro atoms. The van der Waals surface area contributed by atoms with Gasteiger partial charge in [-0.05, 0) is 46.7 Å². The number of rotatable bonds is 5. The predicted molar refractivity (Wildman–Crippen MR) is 111 cm³/mol. The van der Waals surface area contributed by atoms with Gasteiger partial charge in [0.2, 0.25) is 0 Å². The summed E-state index contributed by atoms with van der Waals surface area (Å²) in [6, 6.07) is 12.8. The molecule has 0 saturated carbocycles. The smallest absolute Gasteiger partial charge is 0.328 e. The number of hydrogen-bond acceptors (Lipinski definition) is 3. The van der Waals surface area contributed by atoms with Crippen molar-refractivity contribution in [1.29, 1.82) is 0 Å². The van der Waals surface area contributed by atoms with Crippen LogP contribution in [0.4, 0.5) is 0 Å². The summed E-state index contributed by atoms with van der Waals surface area (Å²) in [6.45, 7) is 6.56. The molecule has 1 atom stereocenters. The third-order valence-corrected chi connectivity index (χ3v) is 5.35. The normalized spacial score (nSPS) is 17.5. The second kappa shape index (κ2) is 7.60. The van der Waals surface area contributed by atoms with E-state index in [-0.39, 0.29) is 6.04 Å². The molecule has 2 heterocycles. The molecule has 2 aromatic carbocycles. The molecule has 0 saturated heterocycles. The Morgan fingerprint density at radius 3 is 2.79 bits per heavy atom. The molecule has 2 N–H and O–H groups in total. The van der Waals surface area contributed by atoms with Gasteiger partial charge < -0.3 is 5.11 Å². The minimum Gasteiger partial charge on any atom is -0.478 e. The summed E-state index contributed by atoms with van der Waals surface area (Å²) in [5.74, 6) is -0.350. The molecule has 0 amide bonds. The maximum atomic E-state index is 10.8. The van der Waals surface area contributed by atoms with Crippen molar-refractivity contribution in [3.05, 3.63) is 70.9 Å². The standard InChI is InChI=1S/C23H25N3O2/c1-15(2)14-26-12-11-18-19(8-9-21-20(18)13-24-25-21)23(26)17-6-3-16(4-7-17)5-10-22(27)28/h3-10,13,15,23H,11-12,14H2,1-2H3,(H,24,25)(H,27,28)/b10-5+/t23-/m1/s1. The fourth-order valence-electron chi connectivity index (χ4n) is 4.22. The number of benzene rings is 2. The number of hydrogen-bond donors (Lipinski definition) is 2. The van der Waals surface area contributed by atoms with E-state index in [1.165, 1.54) is 28.2 Å². The van der Waals surface area contributed by atoms with Crippen LogP contribution in [0.15, 0.2) is 48.7 Å². The number of nitrogens with one attached hydrogen (secondary N) is 1. The highest BCUT2D eigenvalue weighted by molar-refractivity contribution is 5.85. The van der Waals surface area contributed by atoms with Crippen LogP contribution >= 0.6 is 0 Å². The van der Waals surface area contributed by atoms with Gasteiger partial charge in [0, 0.05) is 24.6 Å². The van der Waals surface area contributed by atoms with E-state index in [1.807, 2.05) is 18.3 Å². The van der Waals surface area contributed by atoms with Crippen molar-refractivity contribution in [2.75, 3.05) is 13.1 Å².